The largest absolute Gasteiger partial charge is 0.492 e. The molecule has 0 saturated heterocycles. The fourth-order valence-electron chi connectivity index (χ4n) is 2.06. The average Bonchev–Trinajstić information content (AvgIpc) is 2.52. The van der Waals surface area contributed by atoms with E-state index in [1.54, 1.807) is 18.2 Å². The summed E-state index contributed by atoms with van der Waals surface area (Å²) in [5, 5.41) is 0. The van der Waals surface area contributed by atoms with E-state index >= 15 is 0 Å². The number of hydrogen-bond acceptors (Lipinski definition) is 5. The summed E-state index contributed by atoms with van der Waals surface area (Å²) in [4.78, 5) is 27.8. The molecular weight excluding hydrogens is 280 g/mol. The highest BCUT2D eigenvalue weighted by Crippen LogP contribution is 2.29. The fraction of sp³-hybridized carbons (Fsp3) is 0.176. The summed E-state index contributed by atoms with van der Waals surface area (Å²) in [6, 6.07) is 12.8. The van der Waals surface area contributed by atoms with Crippen LogP contribution in [0.4, 0.5) is 11.4 Å². The highest BCUT2D eigenvalue weighted by molar-refractivity contribution is 5.59. The molecular formula is C17H14N2O3. The first-order valence-electron chi connectivity index (χ1n) is 6.77. The lowest BCUT2D eigenvalue weighted by Gasteiger charge is -2.09. The summed E-state index contributed by atoms with van der Waals surface area (Å²) in [7, 11) is 0. The number of hydrogen-bond donors (Lipinski definition) is 0. The third-order valence-electron chi connectivity index (χ3n) is 3.01. The van der Waals surface area contributed by atoms with Gasteiger partial charge in [-0.15, -0.1) is 0 Å². The van der Waals surface area contributed by atoms with Crippen molar-refractivity contribution in [1.29, 1.82) is 0 Å². The molecule has 2 aromatic carbocycles. The lowest BCUT2D eigenvalue weighted by Crippen LogP contribution is -1.94. The van der Waals surface area contributed by atoms with Gasteiger partial charge in [0.25, 0.3) is 0 Å². The van der Waals surface area contributed by atoms with Crippen LogP contribution in [0.25, 0.3) is 0 Å². The quantitative estimate of drug-likeness (QED) is 0.603. The van der Waals surface area contributed by atoms with Crippen molar-refractivity contribution < 1.29 is 14.3 Å². The van der Waals surface area contributed by atoms with Gasteiger partial charge in [-0.3, -0.25) is 0 Å². The number of isocyanates is 2. The van der Waals surface area contributed by atoms with E-state index in [0.29, 0.717) is 30.2 Å². The van der Waals surface area contributed by atoms with Crippen LogP contribution in [0.3, 0.4) is 0 Å². The van der Waals surface area contributed by atoms with Crippen molar-refractivity contribution in [2.24, 2.45) is 9.98 Å². The second-order valence-corrected chi connectivity index (χ2v) is 4.48. The third kappa shape index (κ3) is 4.00. The molecule has 0 saturated carbocycles. The Hall–Kier alpha value is -3.00. The maximum atomic E-state index is 10.4. The summed E-state index contributed by atoms with van der Waals surface area (Å²) in [6.45, 7) is 2.36. The van der Waals surface area contributed by atoms with Crippen molar-refractivity contribution in [3.8, 4) is 5.75 Å². The van der Waals surface area contributed by atoms with Crippen LogP contribution in [0.5, 0.6) is 5.75 Å². The fourth-order valence-corrected chi connectivity index (χ4v) is 2.06. The van der Waals surface area contributed by atoms with Gasteiger partial charge in [-0.2, -0.15) is 9.98 Å². The van der Waals surface area contributed by atoms with Gasteiger partial charge in [-0.05, 0) is 48.7 Å². The Balaban J connectivity index is 2.23. The minimum absolute atomic E-state index is 0.469. The first-order chi connectivity index (χ1) is 10.8. The zero-order valence-electron chi connectivity index (χ0n) is 12.1. The van der Waals surface area contributed by atoms with Crippen molar-refractivity contribution >= 4 is 23.5 Å². The van der Waals surface area contributed by atoms with E-state index in [1.807, 2.05) is 31.2 Å². The highest BCUT2D eigenvalue weighted by atomic mass is 16.5. The van der Waals surface area contributed by atoms with Crippen LogP contribution in [0, 0.1) is 0 Å². The van der Waals surface area contributed by atoms with Crippen LogP contribution in [0.1, 0.15) is 18.1 Å². The van der Waals surface area contributed by atoms with E-state index in [9.17, 15) is 9.59 Å². The Kier molecular flexibility index (Phi) is 5.38. The molecule has 2 rings (SSSR count). The minimum atomic E-state index is 0.469. The van der Waals surface area contributed by atoms with Gasteiger partial charge in [0.2, 0.25) is 12.2 Å². The van der Waals surface area contributed by atoms with Gasteiger partial charge >= 0.3 is 0 Å². The Labute approximate surface area is 128 Å². The molecule has 0 amide bonds. The van der Waals surface area contributed by atoms with Crippen LogP contribution in [-0.4, -0.2) is 18.8 Å². The SMILES string of the molecule is CCOc1cc(Cc2ccc(N=C=O)cc2)ccc1N=C=O. The second kappa shape index (κ2) is 7.70. The summed E-state index contributed by atoms with van der Waals surface area (Å²) < 4.78 is 5.49. The zero-order valence-corrected chi connectivity index (χ0v) is 12.1. The van der Waals surface area contributed by atoms with Gasteiger partial charge in [-0.25, -0.2) is 9.59 Å². The van der Waals surface area contributed by atoms with Crippen molar-refractivity contribution in [3.05, 3.63) is 53.6 Å². The smallest absolute Gasteiger partial charge is 0.240 e. The predicted molar refractivity (Wildman–Crippen MR) is 82.4 cm³/mol. The van der Waals surface area contributed by atoms with E-state index in [-0.39, 0.29) is 0 Å². The molecule has 0 spiro atoms. The molecule has 0 bridgehead atoms. The van der Waals surface area contributed by atoms with Crippen LogP contribution in [-0.2, 0) is 16.0 Å². The number of aliphatic imine (C=N–C) groups is 2. The van der Waals surface area contributed by atoms with Crippen LogP contribution in [0.2, 0.25) is 0 Å². The van der Waals surface area contributed by atoms with E-state index in [1.165, 1.54) is 12.2 Å². The predicted octanol–water partition coefficient (Wildman–Crippen LogP) is 3.61. The van der Waals surface area contributed by atoms with Crippen molar-refractivity contribution in [2.45, 2.75) is 13.3 Å². The van der Waals surface area contributed by atoms with E-state index < -0.39 is 0 Å². The molecule has 110 valence electrons. The monoisotopic (exact) mass is 294 g/mol. The van der Waals surface area contributed by atoms with Gasteiger partial charge in [-0.1, -0.05) is 18.2 Å². The zero-order chi connectivity index (χ0) is 15.8. The Bertz CT molecular complexity index is 741. The Morgan fingerprint density at radius 1 is 0.955 bits per heavy atom. The first kappa shape index (κ1) is 15.4. The highest BCUT2D eigenvalue weighted by Gasteiger charge is 2.05. The van der Waals surface area contributed by atoms with Crippen LogP contribution < -0.4 is 4.74 Å². The Morgan fingerprint density at radius 3 is 2.27 bits per heavy atom. The number of carbonyl (C=O) groups excluding carboxylic acids is 2. The molecule has 5 heteroatoms. The molecule has 22 heavy (non-hydrogen) atoms. The van der Waals surface area contributed by atoms with Gasteiger partial charge < -0.3 is 4.74 Å². The number of rotatable bonds is 6. The van der Waals surface area contributed by atoms with Crippen molar-refractivity contribution in [2.75, 3.05) is 6.61 Å². The molecule has 0 unspecified atom stereocenters. The molecule has 5 nitrogen and oxygen atoms in total. The van der Waals surface area contributed by atoms with Gasteiger partial charge in [0.15, 0.2) is 0 Å². The molecule has 0 aliphatic rings. The van der Waals surface area contributed by atoms with Gasteiger partial charge in [0, 0.05) is 0 Å². The van der Waals surface area contributed by atoms with E-state index in [0.717, 1.165) is 11.1 Å². The molecule has 2 aromatic rings. The topological polar surface area (TPSA) is 68.1 Å². The van der Waals surface area contributed by atoms with E-state index in [2.05, 4.69) is 9.98 Å². The molecule has 0 N–H and O–H groups in total. The summed E-state index contributed by atoms with van der Waals surface area (Å²) >= 11 is 0. The van der Waals surface area contributed by atoms with Crippen molar-refractivity contribution in [3.63, 3.8) is 0 Å². The minimum Gasteiger partial charge on any atom is -0.492 e. The third-order valence-corrected chi connectivity index (χ3v) is 3.01. The number of nitrogens with zero attached hydrogens (tertiary/aromatic N) is 2. The molecule has 0 aliphatic carbocycles. The summed E-state index contributed by atoms with van der Waals surface area (Å²) in [5.41, 5.74) is 3.14. The average molecular weight is 294 g/mol. The van der Waals surface area contributed by atoms with Crippen molar-refractivity contribution in [1.82, 2.24) is 0 Å². The second-order valence-electron chi connectivity index (χ2n) is 4.48. The molecule has 0 aromatic heterocycles. The first-order valence-corrected chi connectivity index (χ1v) is 6.77. The van der Waals surface area contributed by atoms with Crippen LogP contribution >= 0.6 is 0 Å². The maximum Gasteiger partial charge on any atom is 0.240 e. The lowest BCUT2D eigenvalue weighted by atomic mass is 10.0. The van der Waals surface area contributed by atoms with E-state index in [4.69, 9.17) is 4.74 Å². The normalized spacial score (nSPS) is 9.50. The lowest BCUT2D eigenvalue weighted by molar-refractivity contribution is 0.341. The molecule has 0 atom stereocenters. The summed E-state index contributed by atoms with van der Waals surface area (Å²) in [5.74, 6) is 0.561. The maximum absolute atomic E-state index is 10.4. The number of ether oxygens (including phenoxy) is 1. The summed E-state index contributed by atoms with van der Waals surface area (Å²) in [6.07, 6.45) is 3.72. The number of benzene rings is 2. The molecule has 0 aliphatic heterocycles. The van der Waals surface area contributed by atoms with Crippen LogP contribution in [0.15, 0.2) is 52.4 Å². The Morgan fingerprint density at radius 2 is 1.64 bits per heavy atom. The molecule has 0 heterocycles. The molecule has 0 fully saturated rings. The van der Waals surface area contributed by atoms with Gasteiger partial charge in [0.1, 0.15) is 11.4 Å². The van der Waals surface area contributed by atoms with Gasteiger partial charge in [0.05, 0.1) is 12.3 Å². The standard InChI is InChI=1S/C17H14N2O3/c1-2-22-17-10-14(5-8-16(17)19-12-21)9-13-3-6-15(7-4-13)18-11-20/h3-8,10H,2,9H2,1H3. The molecule has 0 radical (unpaired) electrons.